The molecule has 0 spiro atoms. The summed E-state index contributed by atoms with van der Waals surface area (Å²) in [5.74, 6) is 0.617. The Bertz CT molecular complexity index is 921. The van der Waals surface area contributed by atoms with Crippen LogP contribution in [-0.4, -0.2) is 42.1 Å². The summed E-state index contributed by atoms with van der Waals surface area (Å²) >= 11 is 0. The molecule has 0 aromatic carbocycles. The molecule has 1 amide bonds. The first kappa shape index (κ1) is 15.6. The van der Waals surface area contributed by atoms with Crippen LogP contribution in [0.2, 0.25) is 0 Å². The van der Waals surface area contributed by atoms with Gasteiger partial charge in [0.25, 0.3) is 5.91 Å². The topological polar surface area (TPSA) is 82.0 Å². The van der Waals surface area contributed by atoms with Gasteiger partial charge in [-0.05, 0) is 25.8 Å². The average Bonchev–Trinajstić information content (AvgIpc) is 3.32. The number of likely N-dealkylation sites (tertiary alicyclic amines) is 1. The van der Waals surface area contributed by atoms with Gasteiger partial charge in [-0.2, -0.15) is 10.2 Å². The predicted molar refractivity (Wildman–Crippen MR) is 89.7 cm³/mol. The van der Waals surface area contributed by atoms with E-state index in [-0.39, 0.29) is 11.9 Å². The molecule has 25 heavy (non-hydrogen) atoms. The lowest BCUT2D eigenvalue weighted by Gasteiger charge is -2.23. The molecular formula is C17H20N6O2. The highest BCUT2D eigenvalue weighted by Crippen LogP contribution is 2.37. The van der Waals surface area contributed by atoms with E-state index in [2.05, 4.69) is 15.4 Å². The Hall–Kier alpha value is -2.90. The van der Waals surface area contributed by atoms with Gasteiger partial charge in [0.2, 0.25) is 0 Å². The molecule has 4 heterocycles. The fourth-order valence-electron chi connectivity index (χ4n) is 3.40. The molecular weight excluding hydrogens is 320 g/mol. The smallest absolute Gasteiger partial charge is 0.274 e. The zero-order valence-electron chi connectivity index (χ0n) is 14.5. The van der Waals surface area contributed by atoms with Gasteiger partial charge in [-0.3, -0.25) is 14.2 Å². The molecule has 0 radical (unpaired) electrons. The summed E-state index contributed by atoms with van der Waals surface area (Å²) in [4.78, 5) is 14.7. The van der Waals surface area contributed by atoms with Gasteiger partial charge in [0.05, 0.1) is 23.0 Å². The summed E-state index contributed by atoms with van der Waals surface area (Å²) in [6.07, 6.45) is 5.50. The van der Waals surface area contributed by atoms with Crippen molar-refractivity contribution in [2.24, 2.45) is 14.1 Å². The molecule has 1 saturated heterocycles. The molecule has 8 nitrogen and oxygen atoms in total. The van der Waals surface area contributed by atoms with Crippen molar-refractivity contribution in [3.63, 3.8) is 0 Å². The molecule has 0 aliphatic carbocycles. The van der Waals surface area contributed by atoms with Gasteiger partial charge in [-0.1, -0.05) is 5.16 Å². The lowest BCUT2D eigenvalue weighted by molar-refractivity contribution is 0.0726. The van der Waals surface area contributed by atoms with Crippen molar-refractivity contribution in [3.05, 3.63) is 41.6 Å². The number of carbonyl (C=O) groups is 1. The molecule has 1 unspecified atom stereocenters. The summed E-state index contributed by atoms with van der Waals surface area (Å²) in [6, 6.07) is 3.55. The second-order valence-corrected chi connectivity index (χ2v) is 6.47. The molecule has 4 rings (SSSR count). The van der Waals surface area contributed by atoms with Crippen LogP contribution in [0.1, 0.15) is 40.8 Å². The standard InChI is InChI=1S/C17H20N6O2/c1-11-9-15(25-20-11)12-10-22(3)19-16(12)14-5-4-7-23(14)17(24)13-6-8-21(2)18-13/h6,8-10,14H,4-5,7H2,1-3H3. The molecule has 3 aromatic rings. The number of amides is 1. The quantitative estimate of drug-likeness (QED) is 0.729. The Morgan fingerprint density at radius 1 is 1.28 bits per heavy atom. The molecule has 1 fully saturated rings. The summed E-state index contributed by atoms with van der Waals surface area (Å²) in [6.45, 7) is 2.58. The van der Waals surface area contributed by atoms with Crippen molar-refractivity contribution in [2.75, 3.05) is 6.54 Å². The molecule has 3 aromatic heterocycles. The molecule has 8 heteroatoms. The summed E-state index contributed by atoms with van der Waals surface area (Å²) in [5.41, 5.74) is 3.01. The molecule has 1 aliphatic rings. The largest absolute Gasteiger partial charge is 0.356 e. The Morgan fingerprint density at radius 2 is 2.12 bits per heavy atom. The Kier molecular flexibility index (Phi) is 3.67. The number of nitrogens with zero attached hydrogens (tertiary/aromatic N) is 6. The van der Waals surface area contributed by atoms with Crippen LogP contribution in [0.5, 0.6) is 0 Å². The van der Waals surface area contributed by atoms with Crippen molar-refractivity contribution >= 4 is 5.91 Å². The maximum Gasteiger partial charge on any atom is 0.274 e. The summed E-state index contributed by atoms with van der Waals surface area (Å²) in [7, 11) is 3.68. The van der Waals surface area contributed by atoms with E-state index in [1.807, 2.05) is 31.1 Å². The number of carbonyl (C=O) groups excluding carboxylic acids is 1. The first-order valence-corrected chi connectivity index (χ1v) is 8.31. The van der Waals surface area contributed by atoms with Crippen LogP contribution in [0.15, 0.2) is 29.0 Å². The maximum atomic E-state index is 12.9. The van der Waals surface area contributed by atoms with E-state index in [1.54, 1.807) is 28.7 Å². The fraction of sp³-hybridized carbons (Fsp3) is 0.412. The van der Waals surface area contributed by atoms with Crippen LogP contribution in [0.3, 0.4) is 0 Å². The predicted octanol–water partition coefficient (Wildman–Crippen LogP) is 2.09. The van der Waals surface area contributed by atoms with Crippen LogP contribution < -0.4 is 0 Å². The van der Waals surface area contributed by atoms with Crippen LogP contribution in [0.25, 0.3) is 11.3 Å². The van der Waals surface area contributed by atoms with Gasteiger partial charge in [0.15, 0.2) is 5.76 Å². The van der Waals surface area contributed by atoms with Gasteiger partial charge >= 0.3 is 0 Å². The number of aromatic nitrogens is 5. The van der Waals surface area contributed by atoms with Gasteiger partial charge < -0.3 is 9.42 Å². The normalized spacial score (nSPS) is 17.4. The SMILES string of the molecule is Cc1cc(-c2cn(C)nc2C2CCCN2C(=O)c2ccn(C)n2)on1. The lowest BCUT2D eigenvalue weighted by atomic mass is 10.1. The van der Waals surface area contributed by atoms with E-state index in [1.165, 1.54) is 0 Å². The van der Waals surface area contributed by atoms with Crippen LogP contribution >= 0.6 is 0 Å². The highest BCUT2D eigenvalue weighted by molar-refractivity contribution is 5.92. The minimum absolute atomic E-state index is 0.0616. The number of aryl methyl sites for hydroxylation is 3. The highest BCUT2D eigenvalue weighted by Gasteiger charge is 2.35. The van der Waals surface area contributed by atoms with Gasteiger partial charge in [0.1, 0.15) is 5.69 Å². The third kappa shape index (κ3) is 2.73. The van der Waals surface area contributed by atoms with Crippen molar-refractivity contribution in [3.8, 4) is 11.3 Å². The van der Waals surface area contributed by atoms with Crippen LogP contribution in [-0.2, 0) is 14.1 Å². The lowest BCUT2D eigenvalue weighted by Crippen LogP contribution is -2.31. The number of hydrogen-bond donors (Lipinski definition) is 0. The molecule has 0 saturated carbocycles. The highest BCUT2D eigenvalue weighted by atomic mass is 16.5. The zero-order valence-corrected chi connectivity index (χ0v) is 14.5. The Balaban J connectivity index is 1.70. The molecule has 130 valence electrons. The minimum Gasteiger partial charge on any atom is -0.356 e. The van der Waals surface area contributed by atoms with E-state index in [9.17, 15) is 4.79 Å². The molecule has 1 aliphatic heterocycles. The number of rotatable bonds is 3. The Labute approximate surface area is 145 Å². The second-order valence-electron chi connectivity index (χ2n) is 6.47. The van der Waals surface area contributed by atoms with Gasteiger partial charge in [0, 0.05) is 39.1 Å². The first-order valence-electron chi connectivity index (χ1n) is 8.31. The summed E-state index contributed by atoms with van der Waals surface area (Å²) in [5, 5.41) is 12.8. The van der Waals surface area contributed by atoms with Crippen molar-refractivity contribution in [2.45, 2.75) is 25.8 Å². The number of hydrogen-bond acceptors (Lipinski definition) is 5. The van der Waals surface area contributed by atoms with E-state index in [0.717, 1.165) is 29.8 Å². The van der Waals surface area contributed by atoms with Crippen molar-refractivity contribution in [1.29, 1.82) is 0 Å². The molecule has 1 atom stereocenters. The maximum absolute atomic E-state index is 12.9. The van der Waals surface area contributed by atoms with E-state index in [4.69, 9.17) is 4.52 Å². The fourth-order valence-corrected chi connectivity index (χ4v) is 3.40. The summed E-state index contributed by atoms with van der Waals surface area (Å²) < 4.78 is 8.82. The average molecular weight is 340 g/mol. The van der Waals surface area contributed by atoms with Crippen molar-refractivity contribution < 1.29 is 9.32 Å². The van der Waals surface area contributed by atoms with Crippen molar-refractivity contribution in [1.82, 2.24) is 29.6 Å². The van der Waals surface area contributed by atoms with Gasteiger partial charge in [-0.25, -0.2) is 0 Å². The third-order valence-corrected chi connectivity index (χ3v) is 4.51. The molecule has 0 N–H and O–H groups in total. The van der Waals surface area contributed by atoms with E-state index >= 15 is 0 Å². The Morgan fingerprint density at radius 3 is 2.80 bits per heavy atom. The zero-order chi connectivity index (χ0) is 17.6. The monoisotopic (exact) mass is 340 g/mol. The van der Waals surface area contributed by atoms with Crippen LogP contribution in [0.4, 0.5) is 0 Å². The third-order valence-electron chi connectivity index (χ3n) is 4.51. The first-order chi connectivity index (χ1) is 12.0. The van der Waals surface area contributed by atoms with E-state index in [0.29, 0.717) is 18.0 Å². The second kappa shape index (κ2) is 5.87. The van der Waals surface area contributed by atoms with Gasteiger partial charge in [-0.15, -0.1) is 0 Å². The molecule has 0 bridgehead atoms. The minimum atomic E-state index is -0.0869. The van der Waals surface area contributed by atoms with E-state index < -0.39 is 0 Å². The van der Waals surface area contributed by atoms with Crippen LogP contribution in [0, 0.1) is 6.92 Å².